The van der Waals surface area contributed by atoms with Crippen molar-refractivity contribution in [3.63, 3.8) is 0 Å². The summed E-state index contributed by atoms with van der Waals surface area (Å²) in [6, 6.07) is 18.6. The van der Waals surface area contributed by atoms with Crippen molar-refractivity contribution >= 4 is 17.4 Å². The Labute approximate surface area is 140 Å². The Bertz CT molecular complexity index is 925. The number of anilines is 1. The Morgan fingerprint density at radius 2 is 2.00 bits per heavy atom. The van der Waals surface area contributed by atoms with Crippen LogP contribution in [0.4, 0.5) is 5.69 Å². The van der Waals surface area contributed by atoms with Gasteiger partial charge in [-0.1, -0.05) is 30.2 Å². The highest BCUT2D eigenvalue weighted by Crippen LogP contribution is 2.38. The number of aromatic nitrogens is 1. The molecule has 1 aliphatic rings. The van der Waals surface area contributed by atoms with E-state index >= 15 is 0 Å². The lowest BCUT2D eigenvalue weighted by atomic mass is 9.98. The van der Waals surface area contributed by atoms with Gasteiger partial charge in [-0.05, 0) is 35.9 Å². The van der Waals surface area contributed by atoms with Gasteiger partial charge < -0.3 is 5.32 Å². The summed E-state index contributed by atoms with van der Waals surface area (Å²) < 4.78 is 0. The predicted octanol–water partition coefficient (Wildman–Crippen LogP) is 4.87. The predicted molar refractivity (Wildman–Crippen MR) is 97.4 cm³/mol. The highest BCUT2D eigenvalue weighted by molar-refractivity contribution is 7.99. The number of thioether (sulfide) groups is 1. The molecule has 2 nitrogen and oxygen atoms in total. The molecule has 2 aromatic carbocycles. The van der Waals surface area contributed by atoms with Gasteiger partial charge in [-0.3, -0.25) is 4.98 Å². The fourth-order valence-corrected chi connectivity index (χ4v) is 3.66. The smallest absolute Gasteiger partial charge is 0.0780 e. The molecule has 0 atom stereocenters. The van der Waals surface area contributed by atoms with E-state index < -0.39 is 0 Å². The molecule has 110 valence electrons. The van der Waals surface area contributed by atoms with Crippen LogP contribution >= 0.6 is 11.8 Å². The molecule has 0 fully saturated rings. The average molecular weight is 314 g/mol. The van der Waals surface area contributed by atoms with E-state index in [-0.39, 0.29) is 0 Å². The molecule has 0 spiro atoms. The lowest BCUT2D eigenvalue weighted by molar-refractivity contribution is 1.32. The Morgan fingerprint density at radius 3 is 2.91 bits per heavy atom. The Kier molecular flexibility index (Phi) is 3.53. The minimum atomic E-state index is 0.868. The highest BCUT2D eigenvalue weighted by Gasteiger charge is 2.14. The van der Waals surface area contributed by atoms with E-state index in [4.69, 9.17) is 6.42 Å². The molecule has 0 radical (unpaired) electrons. The summed E-state index contributed by atoms with van der Waals surface area (Å²) in [7, 11) is 0. The van der Waals surface area contributed by atoms with Crippen molar-refractivity contribution in [1.29, 1.82) is 0 Å². The second-order valence-corrected chi connectivity index (χ2v) is 6.32. The lowest BCUT2D eigenvalue weighted by Gasteiger charge is -2.10. The average Bonchev–Trinajstić information content (AvgIpc) is 3.09. The molecule has 0 amide bonds. The van der Waals surface area contributed by atoms with Gasteiger partial charge in [-0.2, -0.15) is 0 Å². The number of fused-ring (bicyclic) bond motifs is 1. The number of rotatable bonds is 2. The van der Waals surface area contributed by atoms with Crippen LogP contribution in [0.5, 0.6) is 0 Å². The quantitative estimate of drug-likeness (QED) is 0.683. The van der Waals surface area contributed by atoms with Crippen LogP contribution in [0.15, 0.2) is 65.7 Å². The third-order valence-electron chi connectivity index (χ3n) is 3.89. The minimum absolute atomic E-state index is 0.868. The third kappa shape index (κ3) is 2.58. The lowest BCUT2D eigenvalue weighted by Crippen LogP contribution is -1.91. The van der Waals surface area contributed by atoms with Gasteiger partial charge in [0.2, 0.25) is 0 Å². The molecule has 4 rings (SSSR count). The summed E-state index contributed by atoms with van der Waals surface area (Å²) in [4.78, 5) is 5.89. The molecule has 2 heterocycles. The molecule has 3 aromatic rings. The van der Waals surface area contributed by atoms with Gasteiger partial charge >= 0.3 is 0 Å². The number of hydrogen-bond acceptors (Lipinski definition) is 3. The maximum atomic E-state index is 5.53. The molecular weight excluding hydrogens is 300 g/mol. The van der Waals surface area contributed by atoms with E-state index in [0.717, 1.165) is 28.3 Å². The number of hydrogen-bond donors (Lipinski definition) is 1. The maximum Gasteiger partial charge on any atom is 0.0780 e. The molecule has 0 saturated carbocycles. The second-order valence-electron chi connectivity index (χ2n) is 5.30. The van der Waals surface area contributed by atoms with Gasteiger partial charge in [0.25, 0.3) is 0 Å². The van der Waals surface area contributed by atoms with Crippen LogP contribution in [0.25, 0.3) is 22.4 Å². The third-order valence-corrected chi connectivity index (χ3v) is 4.83. The first-order valence-corrected chi connectivity index (χ1v) is 8.37. The summed E-state index contributed by atoms with van der Waals surface area (Å²) in [6.07, 6.45) is 7.35. The summed E-state index contributed by atoms with van der Waals surface area (Å²) in [6.45, 7) is 0. The molecule has 1 aromatic heterocycles. The zero-order valence-electron chi connectivity index (χ0n) is 12.4. The molecule has 0 aliphatic carbocycles. The van der Waals surface area contributed by atoms with Crippen LogP contribution in [0, 0.1) is 12.3 Å². The van der Waals surface area contributed by atoms with Gasteiger partial charge in [0.05, 0.1) is 11.6 Å². The van der Waals surface area contributed by atoms with Crippen molar-refractivity contribution in [2.75, 3.05) is 11.2 Å². The largest absolute Gasteiger partial charge is 0.375 e. The summed E-state index contributed by atoms with van der Waals surface area (Å²) in [5.74, 6) is 3.62. The molecule has 1 N–H and O–H groups in total. The maximum absolute atomic E-state index is 5.53. The topological polar surface area (TPSA) is 24.9 Å². The number of nitrogens with zero attached hydrogens (tertiary/aromatic N) is 1. The van der Waals surface area contributed by atoms with Crippen molar-refractivity contribution in [3.8, 4) is 34.7 Å². The molecule has 3 heteroatoms. The second kappa shape index (κ2) is 5.83. The number of benzene rings is 2. The normalized spacial score (nSPS) is 12.3. The molecule has 0 saturated heterocycles. The fraction of sp³-hybridized carbons (Fsp3) is 0.0500. The first-order valence-electron chi connectivity index (χ1n) is 7.38. The summed E-state index contributed by atoms with van der Waals surface area (Å²) in [5, 5.41) is 3.37. The van der Waals surface area contributed by atoms with E-state index in [2.05, 4.69) is 46.6 Å². The fourth-order valence-electron chi connectivity index (χ4n) is 2.77. The van der Waals surface area contributed by atoms with Crippen LogP contribution in [-0.4, -0.2) is 10.9 Å². The summed E-state index contributed by atoms with van der Waals surface area (Å²) >= 11 is 1.83. The Morgan fingerprint density at radius 1 is 1.04 bits per heavy atom. The van der Waals surface area contributed by atoms with E-state index in [9.17, 15) is 0 Å². The SMILES string of the molecule is C#Cc1cccc(-c2ncccc2-c2ccc3c(c2)SCN3)c1. The molecule has 0 bridgehead atoms. The zero-order chi connectivity index (χ0) is 15.6. The molecule has 23 heavy (non-hydrogen) atoms. The van der Waals surface area contributed by atoms with Crippen LogP contribution in [0.1, 0.15) is 5.56 Å². The Hall–Kier alpha value is -2.70. The number of pyridine rings is 1. The molecule has 1 aliphatic heterocycles. The van der Waals surface area contributed by atoms with Gasteiger partial charge in [-0.25, -0.2) is 0 Å². The standard InChI is InChI=1S/C20H14N2S/c1-2-14-5-3-6-16(11-14)20-17(7-4-10-21-20)15-8-9-18-19(12-15)23-13-22-18/h1,3-12,22H,13H2. The van der Waals surface area contributed by atoms with E-state index in [1.165, 1.54) is 16.1 Å². The molecule has 0 unspecified atom stereocenters. The van der Waals surface area contributed by atoms with Crippen molar-refractivity contribution < 1.29 is 0 Å². The van der Waals surface area contributed by atoms with Gasteiger partial charge in [0, 0.05) is 33.5 Å². The monoisotopic (exact) mass is 314 g/mol. The van der Waals surface area contributed by atoms with Crippen LogP contribution in [-0.2, 0) is 0 Å². The minimum Gasteiger partial charge on any atom is -0.375 e. The van der Waals surface area contributed by atoms with Crippen molar-refractivity contribution in [2.24, 2.45) is 0 Å². The van der Waals surface area contributed by atoms with Gasteiger partial charge in [0.1, 0.15) is 0 Å². The van der Waals surface area contributed by atoms with Crippen molar-refractivity contribution in [2.45, 2.75) is 4.90 Å². The zero-order valence-corrected chi connectivity index (χ0v) is 13.2. The highest BCUT2D eigenvalue weighted by atomic mass is 32.2. The van der Waals surface area contributed by atoms with E-state index in [0.29, 0.717) is 0 Å². The Balaban J connectivity index is 1.86. The van der Waals surface area contributed by atoms with Crippen molar-refractivity contribution in [3.05, 3.63) is 66.4 Å². The van der Waals surface area contributed by atoms with E-state index in [1.54, 1.807) is 0 Å². The number of nitrogens with one attached hydrogen (secondary N) is 1. The first-order chi connectivity index (χ1) is 11.3. The van der Waals surface area contributed by atoms with Gasteiger partial charge in [0.15, 0.2) is 0 Å². The van der Waals surface area contributed by atoms with Crippen LogP contribution < -0.4 is 5.32 Å². The molecular formula is C20H14N2S. The van der Waals surface area contributed by atoms with Crippen LogP contribution in [0.3, 0.4) is 0 Å². The van der Waals surface area contributed by atoms with E-state index in [1.807, 2.05) is 42.2 Å². The van der Waals surface area contributed by atoms with Crippen LogP contribution in [0.2, 0.25) is 0 Å². The summed E-state index contributed by atoms with van der Waals surface area (Å²) in [5.41, 5.74) is 6.38. The number of terminal acetylenes is 1. The first kappa shape index (κ1) is 13.9. The van der Waals surface area contributed by atoms with Gasteiger partial charge in [-0.15, -0.1) is 18.2 Å². The van der Waals surface area contributed by atoms with Crippen molar-refractivity contribution in [1.82, 2.24) is 4.98 Å².